The molecule has 6 heteroatoms. The number of halogens is 1. The zero-order valence-electron chi connectivity index (χ0n) is 14.1. The maximum atomic E-state index is 13.6. The van der Waals surface area contributed by atoms with Crippen LogP contribution in [0.2, 0.25) is 0 Å². The molecule has 130 valence electrons. The van der Waals surface area contributed by atoms with Crippen LogP contribution in [0.15, 0.2) is 36.4 Å². The van der Waals surface area contributed by atoms with Crippen molar-refractivity contribution in [3.8, 4) is 0 Å². The smallest absolute Gasteiger partial charge is 0.337 e. The number of carbonyl (C=O) groups is 2. The van der Waals surface area contributed by atoms with Crippen LogP contribution in [-0.2, 0) is 0 Å². The van der Waals surface area contributed by atoms with E-state index >= 15 is 0 Å². The average molecular weight is 342 g/mol. The maximum Gasteiger partial charge on any atom is 0.337 e. The number of rotatable bonds is 3. The molecule has 25 heavy (non-hydrogen) atoms. The van der Waals surface area contributed by atoms with Crippen LogP contribution < -0.4 is 0 Å². The molecule has 1 fully saturated rings. The van der Waals surface area contributed by atoms with E-state index in [1.165, 1.54) is 24.3 Å². The minimum absolute atomic E-state index is 0.0769. The first-order valence-corrected chi connectivity index (χ1v) is 8.14. The van der Waals surface area contributed by atoms with Gasteiger partial charge in [0.05, 0.1) is 17.3 Å². The van der Waals surface area contributed by atoms with Crippen molar-refractivity contribution in [1.29, 1.82) is 0 Å². The number of aromatic carboxylic acids is 1. The van der Waals surface area contributed by atoms with Gasteiger partial charge in [0.1, 0.15) is 11.5 Å². The number of carboxylic acid groups (broad SMARTS) is 1. The fourth-order valence-corrected chi connectivity index (χ4v) is 3.35. The molecule has 0 aliphatic carbocycles. The molecule has 0 saturated carbocycles. The van der Waals surface area contributed by atoms with Gasteiger partial charge in [-0.2, -0.15) is 0 Å². The van der Waals surface area contributed by atoms with Gasteiger partial charge in [0.25, 0.3) is 5.91 Å². The number of amides is 1. The van der Waals surface area contributed by atoms with Gasteiger partial charge < -0.3 is 10.0 Å². The standard InChI is InChI=1S/C19H19FN2O3/c1-11-8-17(13-4-3-5-14(20)9-13)22(10-11)18(23)16-7-6-15(19(24)25)12(2)21-16/h3-7,9,11,17H,8,10H2,1-2H3,(H,24,25). The highest BCUT2D eigenvalue weighted by atomic mass is 19.1. The van der Waals surface area contributed by atoms with E-state index in [1.807, 2.05) is 13.0 Å². The molecule has 1 aromatic heterocycles. The Morgan fingerprint density at radius 3 is 2.68 bits per heavy atom. The van der Waals surface area contributed by atoms with Gasteiger partial charge in [-0.15, -0.1) is 0 Å². The number of benzene rings is 1. The minimum atomic E-state index is -1.07. The van der Waals surface area contributed by atoms with Crippen molar-refractivity contribution in [3.05, 3.63) is 64.7 Å². The molecule has 0 bridgehead atoms. The summed E-state index contributed by atoms with van der Waals surface area (Å²) in [6.45, 7) is 4.17. The van der Waals surface area contributed by atoms with Crippen LogP contribution in [0.3, 0.4) is 0 Å². The lowest BCUT2D eigenvalue weighted by molar-refractivity contribution is 0.0689. The Hall–Kier alpha value is -2.76. The van der Waals surface area contributed by atoms with E-state index in [4.69, 9.17) is 5.11 Å². The van der Waals surface area contributed by atoms with Crippen LogP contribution in [0.1, 0.15) is 51.5 Å². The third-order valence-electron chi connectivity index (χ3n) is 4.54. The second-order valence-electron chi connectivity index (χ2n) is 6.50. The SMILES string of the molecule is Cc1nc(C(=O)N2CC(C)CC2c2cccc(F)c2)ccc1C(=O)O. The number of nitrogens with zero attached hydrogens (tertiary/aromatic N) is 2. The molecule has 0 spiro atoms. The van der Waals surface area contributed by atoms with E-state index in [9.17, 15) is 14.0 Å². The van der Waals surface area contributed by atoms with Crippen LogP contribution >= 0.6 is 0 Å². The van der Waals surface area contributed by atoms with Gasteiger partial charge in [-0.3, -0.25) is 4.79 Å². The van der Waals surface area contributed by atoms with E-state index in [0.29, 0.717) is 12.2 Å². The summed E-state index contributed by atoms with van der Waals surface area (Å²) in [6, 6.07) is 8.91. The second-order valence-corrected chi connectivity index (χ2v) is 6.50. The highest BCUT2D eigenvalue weighted by Crippen LogP contribution is 2.36. The van der Waals surface area contributed by atoms with E-state index in [0.717, 1.165) is 12.0 Å². The van der Waals surface area contributed by atoms with E-state index < -0.39 is 5.97 Å². The molecule has 1 saturated heterocycles. The number of aromatic nitrogens is 1. The third kappa shape index (κ3) is 3.38. The van der Waals surface area contributed by atoms with Gasteiger partial charge in [-0.05, 0) is 49.1 Å². The van der Waals surface area contributed by atoms with Crippen LogP contribution in [-0.4, -0.2) is 33.4 Å². The number of aryl methyl sites for hydroxylation is 1. The average Bonchev–Trinajstić information content (AvgIpc) is 2.95. The highest BCUT2D eigenvalue weighted by Gasteiger charge is 2.35. The summed E-state index contributed by atoms with van der Waals surface area (Å²) in [4.78, 5) is 29.9. The van der Waals surface area contributed by atoms with Crippen molar-refractivity contribution in [2.75, 3.05) is 6.54 Å². The van der Waals surface area contributed by atoms with E-state index in [1.54, 1.807) is 17.9 Å². The fraction of sp³-hybridized carbons (Fsp3) is 0.316. The van der Waals surface area contributed by atoms with E-state index in [2.05, 4.69) is 4.98 Å². The van der Waals surface area contributed by atoms with Crippen LogP contribution in [0.25, 0.3) is 0 Å². The molecular formula is C19H19FN2O3. The topological polar surface area (TPSA) is 70.5 Å². The molecule has 1 aliphatic rings. The van der Waals surface area contributed by atoms with Crippen molar-refractivity contribution in [1.82, 2.24) is 9.88 Å². The minimum Gasteiger partial charge on any atom is -0.478 e. The van der Waals surface area contributed by atoms with Gasteiger partial charge in [-0.25, -0.2) is 14.2 Å². The molecule has 1 aromatic carbocycles. The fourth-order valence-electron chi connectivity index (χ4n) is 3.35. The summed E-state index contributed by atoms with van der Waals surface area (Å²) in [6.07, 6.45) is 0.751. The van der Waals surface area contributed by atoms with Crippen LogP contribution in [0.4, 0.5) is 4.39 Å². The lowest BCUT2D eigenvalue weighted by Crippen LogP contribution is -2.32. The quantitative estimate of drug-likeness (QED) is 0.927. The molecule has 2 unspecified atom stereocenters. The first-order chi connectivity index (χ1) is 11.9. The Bertz CT molecular complexity index is 837. The Kier molecular flexibility index (Phi) is 4.53. The number of hydrogen-bond acceptors (Lipinski definition) is 3. The van der Waals surface area contributed by atoms with Crippen LogP contribution in [0, 0.1) is 18.7 Å². The zero-order valence-corrected chi connectivity index (χ0v) is 14.1. The molecule has 0 radical (unpaired) electrons. The lowest BCUT2D eigenvalue weighted by atomic mass is 10.0. The van der Waals surface area contributed by atoms with Crippen molar-refractivity contribution >= 4 is 11.9 Å². The number of hydrogen-bond donors (Lipinski definition) is 1. The number of carboxylic acids is 1. The van der Waals surface area contributed by atoms with Gasteiger partial charge in [0.2, 0.25) is 0 Å². The summed E-state index contributed by atoms with van der Waals surface area (Å²) in [5, 5.41) is 9.09. The second kappa shape index (κ2) is 6.63. The molecule has 2 heterocycles. The summed E-state index contributed by atoms with van der Waals surface area (Å²) in [5.41, 5.74) is 1.34. The summed E-state index contributed by atoms with van der Waals surface area (Å²) >= 11 is 0. The summed E-state index contributed by atoms with van der Waals surface area (Å²) in [5.74, 6) is -1.38. The Labute approximate surface area is 145 Å². The predicted octanol–water partition coefficient (Wildman–Crippen LogP) is 3.45. The van der Waals surface area contributed by atoms with Gasteiger partial charge in [-0.1, -0.05) is 19.1 Å². The van der Waals surface area contributed by atoms with Crippen molar-refractivity contribution in [2.24, 2.45) is 5.92 Å². The molecule has 1 N–H and O–H groups in total. The Morgan fingerprint density at radius 2 is 2.04 bits per heavy atom. The van der Waals surface area contributed by atoms with Gasteiger partial charge in [0, 0.05) is 6.54 Å². The molecule has 2 aromatic rings. The number of pyridine rings is 1. The normalized spacial score (nSPS) is 19.9. The zero-order chi connectivity index (χ0) is 18.1. The Morgan fingerprint density at radius 1 is 1.28 bits per heavy atom. The molecule has 1 amide bonds. The highest BCUT2D eigenvalue weighted by molar-refractivity contribution is 5.94. The summed E-state index contributed by atoms with van der Waals surface area (Å²) in [7, 11) is 0. The molecule has 1 aliphatic heterocycles. The monoisotopic (exact) mass is 342 g/mol. The van der Waals surface area contributed by atoms with E-state index in [-0.39, 0.29) is 34.9 Å². The first kappa shape index (κ1) is 17.1. The van der Waals surface area contributed by atoms with Crippen LogP contribution in [0.5, 0.6) is 0 Å². The molecule has 3 rings (SSSR count). The number of likely N-dealkylation sites (tertiary alicyclic amines) is 1. The van der Waals surface area contributed by atoms with Crippen molar-refractivity contribution in [3.63, 3.8) is 0 Å². The Balaban J connectivity index is 1.92. The largest absolute Gasteiger partial charge is 0.478 e. The first-order valence-electron chi connectivity index (χ1n) is 8.14. The maximum absolute atomic E-state index is 13.6. The summed E-state index contributed by atoms with van der Waals surface area (Å²) < 4.78 is 13.6. The predicted molar refractivity (Wildman–Crippen MR) is 89.9 cm³/mol. The molecule has 5 nitrogen and oxygen atoms in total. The van der Waals surface area contributed by atoms with Crippen molar-refractivity contribution < 1.29 is 19.1 Å². The number of carbonyl (C=O) groups excluding carboxylic acids is 1. The lowest BCUT2D eigenvalue weighted by Gasteiger charge is -2.25. The molecular weight excluding hydrogens is 323 g/mol. The van der Waals surface area contributed by atoms with Gasteiger partial charge in [0.15, 0.2) is 0 Å². The third-order valence-corrected chi connectivity index (χ3v) is 4.54. The van der Waals surface area contributed by atoms with Crippen molar-refractivity contribution in [2.45, 2.75) is 26.3 Å². The molecule has 2 atom stereocenters. The van der Waals surface area contributed by atoms with Gasteiger partial charge >= 0.3 is 5.97 Å².